The summed E-state index contributed by atoms with van der Waals surface area (Å²) in [5.41, 5.74) is 12.9. The minimum Gasteiger partial charge on any atom is -0.455 e. The van der Waals surface area contributed by atoms with Gasteiger partial charge in [-0.05, 0) is 71.8 Å². The maximum atomic E-state index is 6.56. The first kappa shape index (κ1) is 18.4. The number of aromatic nitrogens is 1. The number of pyridine rings is 1. The van der Waals surface area contributed by atoms with Crippen molar-refractivity contribution in [2.75, 3.05) is 0 Å². The van der Waals surface area contributed by atoms with Gasteiger partial charge in [-0.2, -0.15) is 0 Å². The topological polar surface area (TPSA) is 26.0 Å². The fraction of sp³-hybridized carbons (Fsp3) is 0.207. The van der Waals surface area contributed by atoms with E-state index >= 15 is 0 Å². The molecule has 0 unspecified atom stereocenters. The highest BCUT2D eigenvalue weighted by Crippen LogP contribution is 2.53. The van der Waals surface area contributed by atoms with Gasteiger partial charge < -0.3 is 4.42 Å². The number of hydrogen-bond acceptors (Lipinski definition) is 2. The Morgan fingerprint density at radius 3 is 2.39 bits per heavy atom. The van der Waals surface area contributed by atoms with E-state index in [2.05, 4.69) is 89.2 Å². The summed E-state index contributed by atoms with van der Waals surface area (Å²) >= 11 is 0. The lowest BCUT2D eigenvalue weighted by Gasteiger charge is -2.21. The quantitative estimate of drug-likeness (QED) is 0.284. The SMILES string of the molecule is Cc1cnc(-c2c(C)ccc3c2oc2ccc4c(c23)-c2ccccc2C4(C)C)cc1C. The third kappa shape index (κ3) is 2.36. The monoisotopic (exact) mass is 403 g/mol. The first-order valence-electron chi connectivity index (χ1n) is 10.9. The Morgan fingerprint density at radius 1 is 0.774 bits per heavy atom. The van der Waals surface area contributed by atoms with Crippen LogP contribution in [0.15, 0.2) is 65.2 Å². The van der Waals surface area contributed by atoms with Crippen molar-refractivity contribution < 1.29 is 4.42 Å². The van der Waals surface area contributed by atoms with E-state index in [1.54, 1.807) is 0 Å². The van der Waals surface area contributed by atoms with Crippen molar-refractivity contribution in [3.05, 3.63) is 88.6 Å². The molecule has 2 nitrogen and oxygen atoms in total. The third-order valence-corrected chi connectivity index (χ3v) is 7.19. The van der Waals surface area contributed by atoms with Crippen molar-refractivity contribution in [3.63, 3.8) is 0 Å². The van der Waals surface area contributed by atoms with E-state index < -0.39 is 0 Å². The van der Waals surface area contributed by atoms with Crippen molar-refractivity contribution in [1.29, 1.82) is 0 Å². The smallest absolute Gasteiger partial charge is 0.145 e. The van der Waals surface area contributed by atoms with Crippen molar-refractivity contribution in [2.24, 2.45) is 0 Å². The molecule has 0 aliphatic heterocycles. The molecule has 0 saturated carbocycles. The highest BCUT2D eigenvalue weighted by molar-refractivity contribution is 6.17. The standard InChI is InChI=1S/C29H25NO/c1-16-10-11-20-27-24(31-28(20)25(16)23-14-17(2)18(3)15-30-23)13-12-22-26(27)19-8-6-7-9-21(19)29(22,4)5/h6-15H,1-5H3. The lowest BCUT2D eigenvalue weighted by molar-refractivity contribution is 0.657. The van der Waals surface area contributed by atoms with Crippen LogP contribution in [0.1, 0.15) is 41.7 Å². The van der Waals surface area contributed by atoms with Crippen LogP contribution in [0.2, 0.25) is 0 Å². The molecule has 2 heterocycles. The van der Waals surface area contributed by atoms with Gasteiger partial charge in [-0.1, -0.05) is 56.3 Å². The van der Waals surface area contributed by atoms with Gasteiger partial charge >= 0.3 is 0 Å². The van der Waals surface area contributed by atoms with E-state index in [-0.39, 0.29) is 5.41 Å². The van der Waals surface area contributed by atoms with Gasteiger partial charge in [-0.25, -0.2) is 0 Å². The second-order valence-electron chi connectivity index (χ2n) is 9.42. The van der Waals surface area contributed by atoms with Crippen LogP contribution in [0.3, 0.4) is 0 Å². The van der Waals surface area contributed by atoms with Gasteiger partial charge in [0.05, 0.1) is 5.69 Å². The Bertz CT molecular complexity index is 1530. The normalized spacial score (nSPS) is 14.2. The lowest BCUT2D eigenvalue weighted by Crippen LogP contribution is -2.14. The summed E-state index contributed by atoms with van der Waals surface area (Å²) in [6.45, 7) is 11.0. The van der Waals surface area contributed by atoms with Crippen molar-refractivity contribution in [3.8, 4) is 22.4 Å². The van der Waals surface area contributed by atoms with Gasteiger partial charge in [0, 0.05) is 27.9 Å². The highest BCUT2D eigenvalue weighted by Gasteiger charge is 2.37. The molecule has 0 spiro atoms. The molecule has 0 bridgehead atoms. The van der Waals surface area contributed by atoms with Crippen LogP contribution in [0, 0.1) is 20.8 Å². The highest BCUT2D eigenvalue weighted by atomic mass is 16.3. The fourth-order valence-electron chi connectivity index (χ4n) is 5.30. The van der Waals surface area contributed by atoms with Crippen molar-refractivity contribution >= 4 is 21.9 Å². The molecule has 0 atom stereocenters. The van der Waals surface area contributed by atoms with E-state index in [4.69, 9.17) is 9.40 Å². The zero-order chi connectivity index (χ0) is 21.5. The zero-order valence-corrected chi connectivity index (χ0v) is 18.6. The van der Waals surface area contributed by atoms with Crippen LogP contribution in [0.4, 0.5) is 0 Å². The number of fused-ring (bicyclic) bond motifs is 7. The summed E-state index contributed by atoms with van der Waals surface area (Å²) in [6.07, 6.45) is 1.96. The molecule has 1 aliphatic carbocycles. The Labute approximate surface area is 182 Å². The second kappa shape index (κ2) is 6.07. The first-order valence-corrected chi connectivity index (χ1v) is 10.9. The van der Waals surface area contributed by atoms with Gasteiger partial charge in [-0.3, -0.25) is 4.98 Å². The van der Waals surface area contributed by atoms with Crippen LogP contribution in [0.5, 0.6) is 0 Å². The first-order chi connectivity index (χ1) is 14.9. The molecule has 152 valence electrons. The average Bonchev–Trinajstić information content (AvgIpc) is 3.23. The molecule has 2 heteroatoms. The molecule has 0 saturated heterocycles. The Morgan fingerprint density at radius 2 is 1.58 bits per heavy atom. The molecule has 2 aromatic heterocycles. The molecule has 5 aromatic rings. The number of benzene rings is 3. The van der Waals surface area contributed by atoms with Crippen LogP contribution in [0.25, 0.3) is 44.3 Å². The molecule has 0 fully saturated rings. The summed E-state index contributed by atoms with van der Waals surface area (Å²) in [6, 6.07) is 19.8. The molecular formula is C29H25NO. The van der Waals surface area contributed by atoms with Gasteiger partial charge in [-0.15, -0.1) is 0 Å². The Balaban J connectivity index is 1.75. The summed E-state index contributed by atoms with van der Waals surface area (Å²) in [4.78, 5) is 4.76. The van der Waals surface area contributed by atoms with Crippen LogP contribution in [-0.2, 0) is 5.41 Å². The van der Waals surface area contributed by atoms with E-state index in [9.17, 15) is 0 Å². The van der Waals surface area contributed by atoms with Crippen LogP contribution < -0.4 is 0 Å². The number of nitrogens with zero attached hydrogens (tertiary/aromatic N) is 1. The minimum atomic E-state index is -0.0210. The lowest BCUT2D eigenvalue weighted by atomic mass is 9.82. The Kier molecular flexibility index (Phi) is 3.60. The van der Waals surface area contributed by atoms with Crippen molar-refractivity contribution in [2.45, 2.75) is 40.0 Å². The number of aryl methyl sites for hydroxylation is 3. The van der Waals surface area contributed by atoms with E-state index in [0.717, 1.165) is 22.4 Å². The van der Waals surface area contributed by atoms with E-state index in [1.807, 2.05) is 6.20 Å². The minimum absolute atomic E-state index is 0.0210. The summed E-state index contributed by atoms with van der Waals surface area (Å²) in [5.74, 6) is 0. The number of rotatable bonds is 1. The second-order valence-corrected chi connectivity index (χ2v) is 9.42. The molecule has 3 aromatic carbocycles. The van der Waals surface area contributed by atoms with E-state index in [0.29, 0.717) is 0 Å². The molecule has 0 amide bonds. The predicted octanol–water partition coefficient (Wildman–Crippen LogP) is 7.88. The number of hydrogen-bond donors (Lipinski definition) is 0. The van der Waals surface area contributed by atoms with Gasteiger partial charge in [0.1, 0.15) is 11.2 Å². The molecule has 0 N–H and O–H groups in total. The van der Waals surface area contributed by atoms with Gasteiger partial charge in [0.25, 0.3) is 0 Å². The van der Waals surface area contributed by atoms with Crippen LogP contribution in [-0.4, -0.2) is 4.98 Å². The Hall–Kier alpha value is -3.39. The predicted molar refractivity (Wildman–Crippen MR) is 129 cm³/mol. The van der Waals surface area contributed by atoms with Gasteiger partial charge in [0.15, 0.2) is 0 Å². The molecule has 6 rings (SSSR count). The van der Waals surface area contributed by atoms with Crippen molar-refractivity contribution in [1.82, 2.24) is 4.98 Å². The summed E-state index contributed by atoms with van der Waals surface area (Å²) in [5, 5.41) is 2.38. The fourth-order valence-corrected chi connectivity index (χ4v) is 5.30. The van der Waals surface area contributed by atoms with Gasteiger partial charge in [0.2, 0.25) is 0 Å². The maximum absolute atomic E-state index is 6.56. The van der Waals surface area contributed by atoms with Crippen LogP contribution >= 0.6 is 0 Å². The molecular weight excluding hydrogens is 378 g/mol. The zero-order valence-electron chi connectivity index (χ0n) is 18.6. The number of furan rings is 1. The average molecular weight is 404 g/mol. The maximum Gasteiger partial charge on any atom is 0.145 e. The summed E-state index contributed by atoms with van der Waals surface area (Å²) < 4.78 is 6.56. The van der Waals surface area contributed by atoms with E-state index in [1.165, 1.54) is 49.7 Å². The summed E-state index contributed by atoms with van der Waals surface area (Å²) in [7, 11) is 0. The third-order valence-electron chi connectivity index (χ3n) is 7.19. The molecule has 1 aliphatic rings. The molecule has 31 heavy (non-hydrogen) atoms. The largest absolute Gasteiger partial charge is 0.455 e. The molecule has 0 radical (unpaired) electrons.